The zero-order chi connectivity index (χ0) is 14.0. The highest BCUT2D eigenvalue weighted by atomic mass is 79.9. The molecule has 0 heterocycles. The molecule has 0 aliphatic carbocycles. The van der Waals surface area contributed by atoms with Crippen LogP contribution in [0, 0.1) is 12.7 Å². The highest BCUT2D eigenvalue weighted by molar-refractivity contribution is 9.10. The maximum Gasteiger partial charge on any atom is 0.123 e. The Labute approximate surface area is 125 Å². The number of halogens is 3. The van der Waals surface area contributed by atoms with Gasteiger partial charge in [-0.15, -0.1) is 0 Å². The van der Waals surface area contributed by atoms with Gasteiger partial charge >= 0.3 is 0 Å². The van der Waals surface area contributed by atoms with Crippen molar-refractivity contribution in [1.82, 2.24) is 0 Å². The van der Waals surface area contributed by atoms with Crippen LogP contribution in [0.4, 0.5) is 4.39 Å². The van der Waals surface area contributed by atoms with Gasteiger partial charge in [0, 0.05) is 15.9 Å². The molecule has 1 unspecified atom stereocenters. The third-order valence-electron chi connectivity index (χ3n) is 3.09. The van der Waals surface area contributed by atoms with Crippen LogP contribution in [0.15, 0.2) is 40.9 Å². The molecule has 1 atom stereocenters. The third-order valence-corrected chi connectivity index (χ3v) is 4.32. The highest BCUT2D eigenvalue weighted by Crippen LogP contribution is 2.29. The average Bonchev–Trinajstić information content (AvgIpc) is 2.37. The Morgan fingerprint density at radius 1 is 1.32 bits per heavy atom. The lowest BCUT2D eigenvalue weighted by atomic mass is 9.98. The zero-order valence-electron chi connectivity index (χ0n) is 10.3. The fourth-order valence-electron chi connectivity index (χ4n) is 2.00. The van der Waals surface area contributed by atoms with Gasteiger partial charge in [0.2, 0.25) is 0 Å². The number of hydrogen-bond acceptors (Lipinski definition) is 1. The van der Waals surface area contributed by atoms with Crippen LogP contribution < -0.4 is 0 Å². The monoisotopic (exact) mass is 342 g/mol. The van der Waals surface area contributed by atoms with Crippen LogP contribution >= 0.6 is 27.5 Å². The van der Waals surface area contributed by atoms with Crippen LogP contribution in [0.3, 0.4) is 0 Å². The Morgan fingerprint density at radius 2 is 2.05 bits per heavy atom. The van der Waals surface area contributed by atoms with Crippen molar-refractivity contribution in [2.75, 3.05) is 0 Å². The second kappa shape index (κ2) is 6.04. The van der Waals surface area contributed by atoms with E-state index in [4.69, 9.17) is 11.6 Å². The minimum Gasteiger partial charge on any atom is -0.388 e. The van der Waals surface area contributed by atoms with E-state index in [1.807, 2.05) is 25.1 Å². The molecule has 0 fully saturated rings. The maximum atomic E-state index is 13.2. The molecule has 1 N–H and O–H groups in total. The summed E-state index contributed by atoms with van der Waals surface area (Å²) in [4.78, 5) is 0. The fraction of sp³-hybridized carbons (Fsp3) is 0.200. The standard InChI is InChI=1S/C15H13BrClFO/c1-9-12(3-2-4-13(9)16)15(19)8-10-7-11(18)5-6-14(10)17/h2-7,15,19H,8H2,1H3. The first kappa shape index (κ1) is 14.5. The van der Waals surface area contributed by atoms with Crippen molar-refractivity contribution in [3.63, 3.8) is 0 Å². The number of rotatable bonds is 3. The topological polar surface area (TPSA) is 20.2 Å². The number of aliphatic hydroxyl groups is 1. The summed E-state index contributed by atoms with van der Waals surface area (Å²) < 4.78 is 14.1. The Hall–Kier alpha value is -0.900. The SMILES string of the molecule is Cc1c(Br)cccc1C(O)Cc1cc(F)ccc1Cl. The van der Waals surface area contributed by atoms with Crippen molar-refractivity contribution in [2.45, 2.75) is 19.4 Å². The lowest BCUT2D eigenvalue weighted by molar-refractivity contribution is 0.177. The molecule has 1 nitrogen and oxygen atoms in total. The van der Waals surface area contributed by atoms with Crippen LogP contribution in [0.1, 0.15) is 22.8 Å². The molecular weight excluding hydrogens is 331 g/mol. The lowest BCUT2D eigenvalue weighted by Crippen LogP contribution is -2.05. The molecular formula is C15H13BrClFO. The van der Waals surface area contributed by atoms with Gasteiger partial charge in [-0.1, -0.05) is 39.7 Å². The van der Waals surface area contributed by atoms with Crippen LogP contribution in [0.5, 0.6) is 0 Å². The van der Waals surface area contributed by atoms with Gasteiger partial charge in [-0.25, -0.2) is 4.39 Å². The van der Waals surface area contributed by atoms with E-state index in [-0.39, 0.29) is 12.2 Å². The molecule has 0 aliphatic heterocycles. The quantitative estimate of drug-likeness (QED) is 0.846. The second-order valence-corrected chi connectivity index (χ2v) is 5.67. The molecule has 0 radical (unpaired) electrons. The van der Waals surface area contributed by atoms with Crippen LogP contribution in [-0.2, 0) is 6.42 Å². The second-order valence-electron chi connectivity index (χ2n) is 4.41. The predicted molar refractivity (Wildman–Crippen MR) is 79.0 cm³/mol. The number of hydrogen-bond donors (Lipinski definition) is 1. The molecule has 0 saturated heterocycles. The summed E-state index contributed by atoms with van der Waals surface area (Å²) in [6.45, 7) is 1.93. The first-order chi connectivity index (χ1) is 8.99. The van der Waals surface area contributed by atoms with E-state index < -0.39 is 6.10 Å². The number of benzene rings is 2. The number of aliphatic hydroxyl groups excluding tert-OH is 1. The molecule has 0 bridgehead atoms. The normalized spacial score (nSPS) is 12.5. The van der Waals surface area contributed by atoms with Gasteiger partial charge in [-0.3, -0.25) is 0 Å². The largest absolute Gasteiger partial charge is 0.388 e. The third kappa shape index (κ3) is 3.35. The molecule has 19 heavy (non-hydrogen) atoms. The smallest absolute Gasteiger partial charge is 0.123 e. The minimum atomic E-state index is -0.711. The molecule has 2 aromatic rings. The average molecular weight is 344 g/mol. The van der Waals surface area contributed by atoms with E-state index in [0.29, 0.717) is 10.6 Å². The van der Waals surface area contributed by atoms with Gasteiger partial charge in [0.25, 0.3) is 0 Å². The molecule has 0 spiro atoms. The first-order valence-electron chi connectivity index (χ1n) is 5.86. The first-order valence-corrected chi connectivity index (χ1v) is 7.03. The van der Waals surface area contributed by atoms with E-state index in [2.05, 4.69) is 15.9 Å². The zero-order valence-corrected chi connectivity index (χ0v) is 12.7. The summed E-state index contributed by atoms with van der Waals surface area (Å²) in [6.07, 6.45) is -0.426. The summed E-state index contributed by atoms with van der Waals surface area (Å²) in [5.74, 6) is -0.349. The Balaban J connectivity index is 2.28. The molecule has 0 saturated carbocycles. The van der Waals surface area contributed by atoms with Gasteiger partial charge < -0.3 is 5.11 Å². The van der Waals surface area contributed by atoms with Crippen LogP contribution in [-0.4, -0.2) is 5.11 Å². The van der Waals surface area contributed by atoms with Gasteiger partial charge in [0.1, 0.15) is 5.82 Å². The van der Waals surface area contributed by atoms with Gasteiger partial charge in [-0.05, 0) is 47.9 Å². The van der Waals surface area contributed by atoms with E-state index in [1.54, 1.807) is 0 Å². The highest BCUT2D eigenvalue weighted by Gasteiger charge is 2.14. The predicted octanol–water partition coefficient (Wildman–Crippen LogP) is 4.83. The minimum absolute atomic E-state index is 0.286. The van der Waals surface area contributed by atoms with Gasteiger partial charge in [-0.2, -0.15) is 0 Å². The Bertz CT molecular complexity index is 601. The van der Waals surface area contributed by atoms with Gasteiger partial charge in [0.15, 0.2) is 0 Å². The summed E-state index contributed by atoms with van der Waals surface area (Å²) >= 11 is 9.44. The fourth-order valence-corrected chi connectivity index (χ4v) is 2.58. The molecule has 0 aromatic heterocycles. The Morgan fingerprint density at radius 3 is 2.79 bits per heavy atom. The molecule has 2 rings (SSSR count). The maximum absolute atomic E-state index is 13.2. The Kier molecular flexibility index (Phi) is 4.61. The van der Waals surface area contributed by atoms with Crippen molar-refractivity contribution in [3.05, 3.63) is 68.4 Å². The molecule has 0 aliphatic rings. The van der Waals surface area contributed by atoms with Crippen LogP contribution in [0.2, 0.25) is 5.02 Å². The van der Waals surface area contributed by atoms with Crippen molar-refractivity contribution >= 4 is 27.5 Å². The van der Waals surface area contributed by atoms with E-state index in [9.17, 15) is 9.50 Å². The van der Waals surface area contributed by atoms with Crippen molar-refractivity contribution < 1.29 is 9.50 Å². The molecule has 0 amide bonds. The lowest BCUT2D eigenvalue weighted by Gasteiger charge is -2.15. The molecule has 2 aromatic carbocycles. The van der Waals surface area contributed by atoms with Crippen LogP contribution in [0.25, 0.3) is 0 Å². The van der Waals surface area contributed by atoms with E-state index in [0.717, 1.165) is 15.6 Å². The van der Waals surface area contributed by atoms with Crippen molar-refractivity contribution in [2.24, 2.45) is 0 Å². The summed E-state index contributed by atoms with van der Waals surface area (Å²) in [5, 5.41) is 10.8. The summed E-state index contributed by atoms with van der Waals surface area (Å²) in [5.41, 5.74) is 2.39. The van der Waals surface area contributed by atoms with Crippen molar-refractivity contribution in [1.29, 1.82) is 0 Å². The van der Waals surface area contributed by atoms with E-state index >= 15 is 0 Å². The summed E-state index contributed by atoms with van der Waals surface area (Å²) in [7, 11) is 0. The molecule has 4 heteroatoms. The van der Waals surface area contributed by atoms with Crippen molar-refractivity contribution in [3.8, 4) is 0 Å². The summed E-state index contributed by atoms with van der Waals surface area (Å²) in [6, 6.07) is 9.82. The van der Waals surface area contributed by atoms with Gasteiger partial charge in [0.05, 0.1) is 6.10 Å². The molecule has 100 valence electrons. The van der Waals surface area contributed by atoms with E-state index in [1.165, 1.54) is 18.2 Å².